The quantitative estimate of drug-likeness (QED) is 0.403. The van der Waals surface area contributed by atoms with Gasteiger partial charge in [-0.05, 0) is 37.4 Å². The molecule has 0 aromatic heterocycles. The molecule has 7 heteroatoms. The van der Waals surface area contributed by atoms with Crippen LogP contribution in [0.3, 0.4) is 0 Å². The van der Waals surface area contributed by atoms with Crippen molar-refractivity contribution in [2.24, 2.45) is 0 Å². The predicted molar refractivity (Wildman–Crippen MR) is 95.9 cm³/mol. The van der Waals surface area contributed by atoms with E-state index in [-0.39, 0.29) is 11.5 Å². The number of rotatable bonds is 9. The topological polar surface area (TPSA) is 94.5 Å². The zero-order chi connectivity index (χ0) is 18.7. The molecule has 0 aliphatic heterocycles. The van der Waals surface area contributed by atoms with Crippen LogP contribution in [-0.4, -0.2) is 50.1 Å². The molecule has 0 radical (unpaired) electrons. The molecule has 0 spiro atoms. The predicted octanol–water partition coefficient (Wildman–Crippen LogP) is 1.75. The first-order valence-corrected chi connectivity index (χ1v) is 8.11. The summed E-state index contributed by atoms with van der Waals surface area (Å²) in [6, 6.07) is 8.49. The lowest BCUT2D eigenvalue weighted by molar-refractivity contribution is -0.135. The average Bonchev–Trinajstić information content (AvgIpc) is 2.65. The van der Waals surface area contributed by atoms with Crippen molar-refractivity contribution in [1.29, 1.82) is 5.26 Å². The molecule has 134 valence electrons. The third-order valence-corrected chi connectivity index (χ3v) is 3.66. The van der Waals surface area contributed by atoms with Gasteiger partial charge in [-0.2, -0.15) is 5.26 Å². The van der Waals surface area contributed by atoms with Gasteiger partial charge in [0.15, 0.2) is 5.57 Å². The van der Waals surface area contributed by atoms with Gasteiger partial charge in [0.05, 0.1) is 7.11 Å². The van der Waals surface area contributed by atoms with Gasteiger partial charge in [0, 0.05) is 30.5 Å². The standard InChI is InChI=1S/C18H24N4O3/c1-4-22(5-2)11-10-20-17(23)14-6-8-16(9-7-14)21-13-15(12-19)18(24)25-3/h6-9,13,21H,4-5,10-11H2,1-3H3,(H,20,23)/b15-13+. The molecule has 0 atom stereocenters. The Kier molecular flexibility index (Phi) is 8.75. The van der Waals surface area contributed by atoms with Gasteiger partial charge in [-0.15, -0.1) is 0 Å². The number of ether oxygens (including phenoxy) is 1. The SMILES string of the molecule is CCN(CC)CCNC(=O)c1ccc(N/C=C(\C#N)C(=O)OC)cc1. The summed E-state index contributed by atoms with van der Waals surface area (Å²) in [5.74, 6) is -0.847. The van der Waals surface area contributed by atoms with Crippen molar-refractivity contribution in [1.82, 2.24) is 10.2 Å². The third-order valence-electron chi connectivity index (χ3n) is 3.66. The highest BCUT2D eigenvalue weighted by Crippen LogP contribution is 2.10. The summed E-state index contributed by atoms with van der Waals surface area (Å²) < 4.78 is 4.49. The lowest BCUT2D eigenvalue weighted by Crippen LogP contribution is -2.34. The summed E-state index contributed by atoms with van der Waals surface area (Å²) in [5, 5.41) is 14.6. The average molecular weight is 344 g/mol. The van der Waals surface area contributed by atoms with Crippen molar-refractivity contribution in [3.05, 3.63) is 41.6 Å². The zero-order valence-corrected chi connectivity index (χ0v) is 14.8. The summed E-state index contributed by atoms with van der Waals surface area (Å²) in [4.78, 5) is 25.6. The van der Waals surface area contributed by atoms with Crippen molar-refractivity contribution in [3.8, 4) is 6.07 Å². The van der Waals surface area contributed by atoms with Crippen molar-refractivity contribution >= 4 is 17.6 Å². The van der Waals surface area contributed by atoms with Crippen molar-refractivity contribution in [3.63, 3.8) is 0 Å². The van der Waals surface area contributed by atoms with Crippen molar-refractivity contribution in [2.75, 3.05) is 38.6 Å². The molecule has 0 aliphatic rings. The molecule has 0 aliphatic carbocycles. The second-order valence-corrected chi connectivity index (χ2v) is 5.17. The van der Waals surface area contributed by atoms with E-state index < -0.39 is 5.97 Å². The number of benzene rings is 1. The molecule has 1 rings (SSSR count). The van der Waals surface area contributed by atoms with Crippen LogP contribution >= 0.6 is 0 Å². The lowest BCUT2D eigenvalue weighted by atomic mass is 10.2. The Balaban J connectivity index is 2.58. The molecule has 0 saturated carbocycles. The Morgan fingerprint density at radius 2 is 1.88 bits per heavy atom. The van der Waals surface area contributed by atoms with Gasteiger partial charge in [-0.1, -0.05) is 13.8 Å². The van der Waals surface area contributed by atoms with Crippen LogP contribution in [0.2, 0.25) is 0 Å². The number of carbonyl (C=O) groups is 2. The largest absolute Gasteiger partial charge is 0.465 e. The molecular weight excluding hydrogens is 320 g/mol. The monoisotopic (exact) mass is 344 g/mol. The first-order chi connectivity index (χ1) is 12.0. The van der Waals surface area contributed by atoms with E-state index in [1.54, 1.807) is 30.3 Å². The smallest absolute Gasteiger partial charge is 0.350 e. The minimum Gasteiger partial charge on any atom is -0.465 e. The van der Waals surface area contributed by atoms with Crippen LogP contribution in [0.25, 0.3) is 0 Å². The highest BCUT2D eigenvalue weighted by atomic mass is 16.5. The van der Waals surface area contributed by atoms with Crippen LogP contribution in [0, 0.1) is 11.3 Å². The first-order valence-electron chi connectivity index (χ1n) is 8.11. The van der Waals surface area contributed by atoms with E-state index in [9.17, 15) is 9.59 Å². The van der Waals surface area contributed by atoms with E-state index in [1.807, 2.05) is 0 Å². The minimum absolute atomic E-state index is 0.137. The highest BCUT2D eigenvalue weighted by molar-refractivity contribution is 5.95. The Morgan fingerprint density at radius 1 is 1.24 bits per heavy atom. The van der Waals surface area contributed by atoms with E-state index >= 15 is 0 Å². The van der Waals surface area contributed by atoms with Crippen LogP contribution in [0.5, 0.6) is 0 Å². The fraction of sp³-hybridized carbons (Fsp3) is 0.389. The van der Waals surface area contributed by atoms with Gasteiger partial charge in [0.25, 0.3) is 5.91 Å². The van der Waals surface area contributed by atoms with Crippen LogP contribution in [0.4, 0.5) is 5.69 Å². The summed E-state index contributed by atoms with van der Waals surface area (Å²) in [7, 11) is 1.21. The minimum atomic E-state index is -0.709. The first kappa shape index (κ1) is 20.2. The summed E-state index contributed by atoms with van der Waals surface area (Å²) in [6.07, 6.45) is 1.27. The number of hydrogen-bond donors (Lipinski definition) is 2. The number of esters is 1. The normalized spacial score (nSPS) is 10.9. The maximum absolute atomic E-state index is 12.1. The van der Waals surface area contributed by atoms with Gasteiger partial charge in [-0.3, -0.25) is 4.79 Å². The lowest BCUT2D eigenvalue weighted by Gasteiger charge is -2.17. The van der Waals surface area contributed by atoms with Crippen molar-refractivity contribution < 1.29 is 14.3 Å². The third kappa shape index (κ3) is 6.65. The van der Waals surface area contributed by atoms with Crippen molar-refractivity contribution in [2.45, 2.75) is 13.8 Å². The molecule has 1 amide bonds. The molecule has 25 heavy (non-hydrogen) atoms. The number of nitriles is 1. The Morgan fingerprint density at radius 3 is 2.40 bits per heavy atom. The fourth-order valence-electron chi connectivity index (χ4n) is 2.09. The number of nitrogens with zero attached hydrogens (tertiary/aromatic N) is 2. The van der Waals surface area contributed by atoms with Gasteiger partial charge in [0.2, 0.25) is 0 Å². The summed E-state index contributed by atoms with van der Waals surface area (Å²) >= 11 is 0. The molecule has 1 aromatic carbocycles. The molecular formula is C18H24N4O3. The Bertz CT molecular complexity index is 643. The number of likely N-dealkylation sites (N-methyl/N-ethyl adjacent to an activating group) is 1. The molecule has 0 heterocycles. The second-order valence-electron chi connectivity index (χ2n) is 5.17. The van der Waals surface area contributed by atoms with E-state index in [1.165, 1.54) is 13.3 Å². The van der Waals surface area contributed by atoms with E-state index in [0.717, 1.165) is 19.6 Å². The fourth-order valence-corrected chi connectivity index (χ4v) is 2.09. The highest BCUT2D eigenvalue weighted by Gasteiger charge is 2.08. The zero-order valence-electron chi connectivity index (χ0n) is 14.8. The number of amides is 1. The number of anilines is 1. The number of nitrogens with one attached hydrogen (secondary N) is 2. The number of carbonyl (C=O) groups excluding carboxylic acids is 2. The summed E-state index contributed by atoms with van der Waals surface area (Å²) in [5.41, 5.74) is 1.06. The van der Waals surface area contributed by atoms with Crippen LogP contribution < -0.4 is 10.6 Å². The molecule has 0 bridgehead atoms. The van der Waals surface area contributed by atoms with Crippen LogP contribution in [0.15, 0.2) is 36.0 Å². The molecule has 0 saturated heterocycles. The second kappa shape index (κ2) is 10.8. The number of methoxy groups -OCH3 is 1. The van der Waals surface area contributed by atoms with Crippen LogP contribution in [0.1, 0.15) is 24.2 Å². The van der Waals surface area contributed by atoms with E-state index in [2.05, 4.69) is 34.1 Å². The molecule has 1 aromatic rings. The maximum Gasteiger partial charge on any atom is 0.350 e. The molecule has 0 fully saturated rings. The maximum atomic E-state index is 12.1. The molecule has 7 nitrogen and oxygen atoms in total. The Labute approximate surface area is 148 Å². The molecule has 2 N–H and O–H groups in total. The van der Waals surface area contributed by atoms with E-state index in [4.69, 9.17) is 5.26 Å². The van der Waals surface area contributed by atoms with Gasteiger partial charge >= 0.3 is 5.97 Å². The summed E-state index contributed by atoms with van der Waals surface area (Å²) in [6.45, 7) is 7.49. The van der Waals surface area contributed by atoms with Crippen LogP contribution in [-0.2, 0) is 9.53 Å². The number of hydrogen-bond acceptors (Lipinski definition) is 6. The van der Waals surface area contributed by atoms with Gasteiger partial charge in [0.1, 0.15) is 6.07 Å². The van der Waals surface area contributed by atoms with E-state index in [0.29, 0.717) is 17.8 Å². The molecule has 0 unspecified atom stereocenters. The Hall–Kier alpha value is -2.85. The van der Waals surface area contributed by atoms with Gasteiger partial charge < -0.3 is 20.3 Å². The van der Waals surface area contributed by atoms with Gasteiger partial charge in [-0.25, -0.2) is 4.79 Å².